The average molecular weight is 325 g/mol. The van der Waals surface area contributed by atoms with Crippen LogP contribution in [0.1, 0.15) is 16.8 Å². The van der Waals surface area contributed by atoms with Gasteiger partial charge in [-0.1, -0.05) is 41.4 Å². The normalized spacial score (nSPS) is 10.2. The number of rotatable bonds is 6. The van der Waals surface area contributed by atoms with Gasteiger partial charge in [-0.05, 0) is 24.6 Å². The zero-order valence-corrected chi connectivity index (χ0v) is 12.7. The van der Waals surface area contributed by atoms with Crippen LogP contribution in [0.15, 0.2) is 42.6 Å². The molecule has 2 rings (SSSR count). The molecule has 0 fully saturated rings. The number of nitrogens with one attached hydrogen (secondary N) is 1. The van der Waals surface area contributed by atoms with Gasteiger partial charge in [0.1, 0.15) is 10.9 Å². The molecule has 1 aromatic carbocycles. The Hall–Kier alpha value is -1.78. The fourth-order valence-corrected chi connectivity index (χ4v) is 2.01. The van der Waals surface area contributed by atoms with E-state index in [1.54, 1.807) is 0 Å². The Labute approximate surface area is 133 Å². The molecular weight excluding hydrogens is 311 g/mol. The predicted octanol–water partition coefficient (Wildman–Crippen LogP) is 3.59. The van der Waals surface area contributed by atoms with E-state index >= 15 is 0 Å². The van der Waals surface area contributed by atoms with Gasteiger partial charge in [-0.3, -0.25) is 4.79 Å². The van der Waals surface area contributed by atoms with E-state index in [1.165, 1.54) is 12.3 Å². The van der Waals surface area contributed by atoms with Gasteiger partial charge in [0, 0.05) is 12.7 Å². The van der Waals surface area contributed by atoms with E-state index in [4.69, 9.17) is 27.9 Å². The van der Waals surface area contributed by atoms with Crippen molar-refractivity contribution in [2.45, 2.75) is 6.42 Å². The van der Waals surface area contributed by atoms with Crippen molar-refractivity contribution in [1.29, 1.82) is 0 Å². The minimum atomic E-state index is -0.274. The van der Waals surface area contributed by atoms with Gasteiger partial charge in [0.2, 0.25) is 0 Å². The van der Waals surface area contributed by atoms with E-state index in [-0.39, 0.29) is 16.1 Å². The van der Waals surface area contributed by atoms with E-state index in [2.05, 4.69) is 10.3 Å². The van der Waals surface area contributed by atoms with Gasteiger partial charge in [0.15, 0.2) is 0 Å². The molecule has 0 aliphatic rings. The molecule has 110 valence electrons. The molecule has 6 heteroatoms. The summed E-state index contributed by atoms with van der Waals surface area (Å²) >= 11 is 11.6. The summed E-state index contributed by atoms with van der Waals surface area (Å²) in [5, 5.41) is 3.27. The second-order valence-electron chi connectivity index (χ2n) is 4.26. The van der Waals surface area contributed by atoms with Crippen LogP contribution < -0.4 is 10.1 Å². The third-order valence-corrected chi connectivity index (χ3v) is 3.19. The predicted molar refractivity (Wildman–Crippen MR) is 83.1 cm³/mol. The van der Waals surface area contributed by atoms with Crippen molar-refractivity contribution >= 4 is 29.1 Å². The molecule has 0 aliphatic heterocycles. The zero-order valence-electron chi connectivity index (χ0n) is 11.2. The first kappa shape index (κ1) is 15.6. The van der Waals surface area contributed by atoms with Crippen LogP contribution in [0.5, 0.6) is 5.75 Å². The minimum Gasteiger partial charge on any atom is -0.494 e. The first-order valence-corrected chi connectivity index (χ1v) is 7.19. The first-order valence-electron chi connectivity index (χ1n) is 6.44. The van der Waals surface area contributed by atoms with Crippen molar-refractivity contribution in [3.8, 4) is 5.75 Å². The van der Waals surface area contributed by atoms with Gasteiger partial charge in [0.25, 0.3) is 5.91 Å². The molecule has 4 nitrogen and oxygen atoms in total. The van der Waals surface area contributed by atoms with E-state index in [0.29, 0.717) is 25.1 Å². The van der Waals surface area contributed by atoms with Crippen molar-refractivity contribution < 1.29 is 9.53 Å². The largest absolute Gasteiger partial charge is 0.494 e. The summed E-state index contributed by atoms with van der Waals surface area (Å²) in [7, 11) is 0. The lowest BCUT2D eigenvalue weighted by Gasteiger charge is -2.08. The highest BCUT2D eigenvalue weighted by Crippen LogP contribution is 2.17. The van der Waals surface area contributed by atoms with Gasteiger partial charge in [-0.25, -0.2) is 4.98 Å². The Morgan fingerprint density at radius 3 is 2.76 bits per heavy atom. The van der Waals surface area contributed by atoms with Crippen molar-refractivity contribution in [2.24, 2.45) is 0 Å². The first-order chi connectivity index (χ1) is 10.2. The number of hydrogen-bond acceptors (Lipinski definition) is 3. The van der Waals surface area contributed by atoms with Crippen molar-refractivity contribution in [3.63, 3.8) is 0 Å². The Morgan fingerprint density at radius 1 is 1.24 bits per heavy atom. The third kappa shape index (κ3) is 4.92. The molecule has 0 unspecified atom stereocenters. The van der Waals surface area contributed by atoms with Gasteiger partial charge >= 0.3 is 0 Å². The summed E-state index contributed by atoms with van der Waals surface area (Å²) in [5.74, 6) is 0.539. The van der Waals surface area contributed by atoms with Crippen LogP contribution in [0.2, 0.25) is 10.2 Å². The van der Waals surface area contributed by atoms with E-state index in [1.807, 2.05) is 30.3 Å². The van der Waals surface area contributed by atoms with Crippen LogP contribution in [-0.4, -0.2) is 24.0 Å². The number of carbonyl (C=O) groups is 1. The monoisotopic (exact) mass is 324 g/mol. The van der Waals surface area contributed by atoms with Crippen LogP contribution in [0.25, 0.3) is 0 Å². The maximum absolute atomic E-state index is 11.9. The minimum absolute atomic E-state index is 0.233. The maximum atomic E-state index is 11.9. The summed E-state index contributed by atoms with van der Waals surface area (Å²) in [5.41, 5.74) is 0.320. The summed E-state index contributed by atoms with van der Waals surface area (Å²) in [6.45, 7) is 1.01. The molecule has 2 aromatic rings. The van der Waals surface area contributed by atoms with Crippen LogP contribution in [0, 0.1) is 0 Å². The Balaban J connectivity index is 1.73. The lowest BCUT2D eigenvalue weighted by atomic mass is 10.2. The van der Waals surface area contributed by atoms with Crippen LogP contribution in [-0.2, 0) is 0 Å². The summed E-state index contributed by atoms with van der Waals surface area (Å²) < 4.78 is 5.53. The number of carbonyl (C=O) groups excluding carboxylic acids is 1. The van der Waals surface area contributed by atoms with Gasteiger partial charge < -0.3 is 10.1 Å². The second-order valence-corrected chi connectivity index (χ2v) is 5.05. The molecule has 0 spiro atoms. The number of pyridine rings is 1. The van der Waals surface area contributed by atoms with Crippen molar-refractivity contribution in [3.05, 3.63) is 58.3 Å². The molecule has 1 N–H and O–H groups in total. The quantitative estimate of drug-likeness (QED) is 0.652. The molecule has 1 amide bonds. The number of hydrogen-bond donors (Lipinski definition) is 1. The Kier molecular flexibility index (Phi) is 5.84. The van der Waals surface area contributed by atoms with Crippen molar-refractivity contribution in [1.82, 2.24) is 10.3 Å². The number of ether oxygens (including phenoxy) is 1. The highest BCUT2D eigenvalue weighted by Gasteiger charge is 2.10. The molecule has 0 bridgehead atoms. The number of halogens is 2. The summed E-state index contributed by atoms with van der Waals surface area (Å²) in [4.78, 5) is 15.7. The maximum Gasteiger partial charge on any atom is 0.252 e. The molecule has 0 aliphatic carbocycles. The van der Waals surface area contributed by atoms with E-state index < -0.39 is 0 Å². The average Bonchev–Trinajstić information content (AvgIpc) is 2.50. The molecule has 21 heavy (non-hydrogen) atoms. The van der Waals surface area contributed by atoms with Gasteiger partial charge in [0.05, 0.1) is 17.2 Å². The third-order valence-electron chi connectivity index (χ3n) is 2.69. The Bertz CT molecular complexity index is 606. The van der Waals surface area contributed by atoms with Gasteiger partial charge in [-0.15, -0.1) is 0 Å². The summed E-state index contributed by atoms with van der Waals surface area (Å²) in [6.07, 6.45) is 2.05. The number of aromatic nitrogens is 1. The SMILES string of the molecule is O=C(NCCCOc1ccccc1)c1cc(Cl)ncc1Cl. The number of benzene rings is 1. The fraction of sp³-hybridized carbons (Fsp3) is 0.200. The van der Waals surface area contributed by atoms with E-state index in [9.17, 15) is 4.79 Å². The fourth-order valence-electron chi connectivity index (χ4n) is 1.66. The standard InChI is InChI=1S/C15H14Cl2N2O2/c16-13-10-19-14(17)9-12(13)15(20)18-7-4-8-21-11-5-2-1-3-6-11/h1-3,5-6,9-10H,4,7-8H2,(H,18,20). The van der Waals surface area contributed by atoms with Crippen LogP contribution in [0.3, 0.4) is 0 Å². The molecule has 1 aromatic heterocycles. The van der Waals surface area contributed by atoms with Crippen LogP contribution >= 0.6 is 23.2 Å². The molecule has 0 radical (unpaired) electrons. The Morgan fingerprint density at radius 2 is 2.00 bits per heavy atom. The number of amides is 1. The second kappa shape index (κ2) is 7.86. The highest BCUT2D eigenvalue weighted by atomic mass is 35.5. The molecule has 1 heterocycles. The molecule has 0 atom stereocenters. The lowest BCUT2D eigenvalue weighted by Crippen LogP contribution is -2.26. The van der Waals surface area contributed by atoms with Crippen molar-refractivity contribution in [2.75, 3.05) is 13.2 Å². The molecular formula is C15H14Cl2N2O2. The van der Waals surface area contributed by atoms with E-state index in [0.717, 1.165) is 5.75 Å². The van der Waals surface area contributed by atoms with Crippen LogP contribution in [0.4, 0.5) is 0 Å². The number of nitrogens with zero attached hydrogens (tertiary/aromatic N) is 1. The lowest BCUT2D eigenvalue weighted by molar-refractivity contribution is 0.0951. The summed E-state index contributed by atoms with van der Waals surface area (Å²) in [6, 6.07) is 11.0. The van der Waals surface area contributed by atoms with Gasteiger partial charge in [-0.2, -0.15) is 0 Å². The zero-order chi connectivity index (χ0) is 15.1. The topological polar surface area (TPSA) is 51.2 Å². The number of para-hydroxylation sites is 1. The highest BCUT2D eigenvalue weighted by molar-refractivity contribution is 6.35. The molecule has 0 saturated carbocycles. The molecule has 0 saturated heterocycles. The smallest absolute Gasteiger partial charge is 0.252 e.